The summed E-state index contributed by atoms with van der Waals surface area (Å²) in [6.45, 7) is 4.52. The van der Waals surface area contributed by atoms with Crippen LogP contribution in [0, 0.1) is 6.92 Å². The number of benzene rings is 2. The zero-order chi connectivity index (χ0) is 23.1. The molecule has 0 saturated carbocycles. The molecule has 7 nitrogen and oxygen atoms in total. The maximum Gasteiger partial charge on any atom is 0.261 e. The summed E-state index contributed by atoms with van der Waals surface area (Å²) in [4.78, 5) is 16.9. The SMILES string of the molecule is CCCOc1ncccc1CNC(=O)c1cc(S(=O)(=O)Nc2cccc(C)c2)ccc1Cl. The normalized spacial score (nSPS) is 11.1. The number of ether oxygens (including phenoxy) is 1. The highest BCUT2D eigenvalue weighted by atomic mass is 35.5. The Labute approximate surface area is 192 Å². The van der Waals surface area contributed by atoms with Crippen molar-refractivity contribution in [3.63, 3.8) is 0 Å². The third-order valence-corrected chi connectivity index (χ3v) is 6.20. The number of sulfonamides is 1. The Morgan fingerprint density at radius 1 is 1.12 bits per heavy atom. The highest BCUT2D eigenvalue weighted by molar-refractivity contribution is 7.92. The van der Waals surface area contributed by atoms with Crippen LogP contribution in [0.1, 0.15) is 34.8 Å². The summed E-state index contributed by atoms with van der Waals surface area (Å²) < 4.78 is 33.7. The molecule has 3 rings (SSSR count). The molecule has 9 heteroatoms. The lowest BCUT2D eigenvalue weighted by molar-refractivity contribution is 0.0950. The smallest absolute Gasteiger partial charge is 0.261 e. The quantitative estimate of drug-likeness (QED) is 0.474. The van der Waals surface area contributed by atoms with Gasteiger partial charge in [0.05, 0.1) is 22.1 Å². The van der Waals surface area contributed by atoms with Gasteiger partial charge in [0.25, 0.3) is 15.9 Å². The van der Waals surface area contributed by atoms with Crippen molar-refractivity contribution < 1.29 is 17.9 Å². The average Bonchev–Trinajstić information content (AvgIpc) is 2.76. The fraction of sp³-hybridized carbons (Fsp3) is 0.217. The Kier molecular flexibility index (Phi) is 7.71. The Bertz CT molecular complexity index is 1220. The number of aromatic nitrogens is 1. The fourth-order valence-electron chi connectivity index (χ4n) is 2.93. The lowest BCUT2D eigenvalue weighted by atomic mass is 10.2. The molecule has 0 bridgehead atoms. The minimum Gasteiger partial charge on any atom is -0.477 e. The van der Waals surface area contributed by atoms with E-state index in [-0.39, 0.29) is 22.0 Å². The Balaban J connectivity index is 1.77. The van der Waals surface area contributed by atoms with E-state index in [1.54, 1.807) is 36.5 Å². The van der Waals surface area contributed by atoms with Gasteiger partial charge in [0.2, 0.25) is 5.88 Å². The van der Waals surface area contributed by atoms with E-state index >= 15 is 0 Å². The number of carbonyl (C=O) groups is 1. The first-order chi connectivity index (χ1) is 15.3. The molecular formula is C23H24ClN3O4S. The minimum absolute atomic E-state index is 0.0544. The first kappa shape index (κ1) is 23.6. The highest BCUT2D eigenvalue weighted by Gasteiger charge is 2.19. The molecule has 0 spiro atoms. The van der Waals surface area contributed by atoms with Crippen molar-refractivity contribution in [1.29, 1.82) is 0 Å². The lowest BCUT2D eigenvalue weighted by Crippen LogP contribution is -2.24. The van der Waals surface area contributed by atoms with E-state index in [1.807, 2.05) is 19.9 Å². The van der Waals surface area contributed by atoms with Crippen LogP contribution in [-0.2, 0) is 16.6 Å². The van der Waals surface area contributed by atoms with Crippen molar-refractivity contribution >= 4 is 33.2 Å². The Morgan fingerprint density at radius 2 is 1.94 bits per heavy atom. The van der Waals surface area contributed by atoms with Gasteiger partial charge in [-0.15, -0.1) is 0 Å². The Hall–Kier alpha value is -3.10. The van der Waals surface area contributed by atoms with Gasteiger partial charge < -0.3 is 10.1 Å². The first-order valence-electron chi connectivity index (χ1n) is 10.0. The van der Waals surface area contributed by atoms with Crippen LogP contribution in [0.2, 0.25) is 5.02 Å². The number of hydrogen-bond acceptors (Lipinski definition) is 5. The summed E-state index contributed by atoms with van der Waals surface area (Å²) in [5.41, 5.74) is 2.11. The molecule has 0 aliphatic carbocycles. The van der Waals surface area contributed by atoms with Crippen LogP contribution in [0.25, 0.3) is 0 Å². The van der Waals surface area contributed by atoms with Crippen molar-refractivity contribution in [3.05, 3.63) is 82.5 Å². The van der Waals surface area contributed by atoms with Crippen molar-refractivity contribution in [1.82, 2.24) is 10.3 Å². The number of nitrogens with one attached hydrogen (secondary N) is 2. The molecule has 0 aliphatic heterocycles. The zero-order valence-corrected chi connectivity index (χ0v) is 19.3. The third-order valence-electron chi connectivity index (χ3n) is 4.50. The molecule has 0 unspecified atom stereocenters. The van der Waals surface area contributed by atoms with E-state index < -0.39 is 15.9 Å². The van der Waals surface area contributed by atoms with Crippen LogP contribution < -0.4 is 14.8 Å². The van der Waals surface area contributed by atoms with Crippen LogP contribution in [0.5, 0.6) is 5.88 Å². The van der Waals surface area contributed by atoms with Crippen LogP contribution in [-0.4, -0.2) is 25.9 Å². The number of anilines is 1. The molecule has 0 aliphatic rings. The first-order valence-corrected chi connectivity index (χ1v) is 11.9. The number of halogens is 1. The van der Waals surface area contributed by atoms with Gasteiger partial charge in [-0.2, -0.15) is 0 Å². The van der Waals surface area contributed by atoms with Crippen LogP contribution in [0.15, 0.2) is 65.7 Å². The highest BCUT2D eigenvalue weighted by Crippen LogP contribution is 2.23. The van der Waals surface area contributed by atoms with E-state index in [2.05, 4.69) is 15.0 Å². The van der Waals surface area contributed by atoms with Gasteiger partial charge in [-0.05, 0) is 55.3 Å². The standard InChI is InChI=1S/C23H24ClN3O4S/c1-3-12-31-23-17(7-5-11-25-23)15-26-22(28)20-14-19(9-10-21(20)24)32(29,30)27-18-8-4-6-16(2)13-18/h4-11,13-14,27H,3,12,15H2,1-2H3,(H,26,28). The van der Waals surface area contributed by atoms with E-state index in [0.29, 0.717) is 23.7 Å². The summed E-state index contributed by atoms with van der Waals surface area (Å²) in [5.74, 6) is -0.0627. The fourth-order valence-corrected chi connectivity index (χ4v) is 4.20. The summed E-state index contributed by atoms with van der Waals surface area (Å²) in [7, 11) is -3.91. The van der Waals surface area contributed by atoms with Crippen LogP contribution >= 0.6 is 11.6 Å². The van der Waals surface area contributed by atoms with Crippen molar-refractivity contribution in [2.45, 2.75) is 31.7 Å². The summed E-state index contributed by atoms with van der Waals surface area (Å²) >= 11 is 6.19. The third kappa shape index (κ3) is 5.99. The van der Waals surface area contributed by atoms with E-state index in [0.717, 1.165) is 12.0 Å². The lowest BCUT2D eigenvalue weighted by Gasteiger charge is -2.13. The molecule has 1 aromatic heterocycles. The molecule has 168 valence electrons. The number of aryl methyl sites for hydroxylation is 1. The van der Waals surface area contributed by atoms with Crippen LogP contribution in [0.4, 0.5) is 5.69 Å². The molecule has 0 fully saturated rings. The topological polar surface area (TPSA) is 97.4 Å². The molecule has 0 saturated heterocycles. The van der Waals surface area contributed by atoms with Gasteiger partial charge in [-0.25, -0.2) is 13.4 Å². The molecule has 32 heavy (non-hydrogen) atoms. The molecule has 1 amide bonds. The van der Waals surface area contributed by atoms with E-state index in [1.165, 1.54) is 18.2 Å². The molecule has 1 heterocycles. The van der Waals surface area contributed by atoms with Crippen molar-refractivity contribution in [2.24, 2.45) is 0 Å². The summed E-state index contributed by atoms with van der Waals surface area (Å²) in [6.07, 6.45) is 2.44. The molecule has 0 radical (unpaired) electrons. The average molecular weight is 474 g/mol. The second kappa shape index (κ2) is 10.5. The van der Waals surface area contributed by atoms with Gasteiger partial charge in [-0.3, -0.25) is 9.52 Å². The number of rotatable bonds is 9. The predicted octanol–water partition coefficient (Wildman–Crippen LogP) is 4.56. The monoisotopic (exact) mass is 473 g/mol. The van der Waals surface area contributed by atoms with Gasteiger partial charge >= 0.3 is 0 Å². The molecular weight excluding hydrogens is 450 g/mol. The van der Waals surface area contributed by atoms with Gasteiger partial charge in [0.15, 0.2) is 0 Å². The molecule has 0 atom stereocenters. The van der Waals surface area contributed by atoms with Gasteiger partial charge in [-0.1, -0.05) is 36.7 Å². The van der Waals surface area contributed by atoms with Crippen molar-refractivity contribution in [2.75, 3.05) is 11.3 Å². The molecule has 2 N–H and O–H groups in total. The minimum atomic E-state index is -3.91. The molecule has 2 aromatic carbocycles. The maximum atomic E-state index is 12.8. The second-order valence-corrected chi connectivity index (χ2v) is 9.21. The predicted molar refractivity (Wildman–Crippen MR) is 125 cm³/mol. The number of pyridine rings is 1. The Morgan fingerprint density at radius 3 is 2.69 bits per heavy atom. The second-order valence-electron chi connectivity index (χ2n) is 7.12. The number of nitrogens with zero attached hydrogens (tertiary/aromatic N) is 1. The largest absolute Gasteiger partial charge is 0.477 e. The van der Waals surface area contributed by atoms with Gasteiger partial charge in [0.1, 0.15) is 0 Å². The zero-order valence-electron chi connectivity index (χ0n) is 17.8. The molecule has 3 aromatic rings. The van der Waals surface area contributed by atoms with E-state index in [4.69, 9.17) is 16.3 Å². The summed E-state index contributed by atoms with van der Waals surface area (Å²) in [6, 6.07) is 14.5. The number of hydrogen-bond donors (Lipinski definition) is 2. The number of carbonyl (C=O) groups excluding carboxylic acids is 1. The van der Waals surface area contributed by atoms with E-state index in [9.17, 15) is 13.2 Å². The number of amides is 1. The summed E-state index contributed by atoms with van der Waals surface area (Å²) in [5, 5.41) is 2.89. The maximum absolute atomic E-state index is 12.8. The van der Waals surface area contributed by atoms with Gasteiger partial charge in [0, 0.05) is 24.0 Å². The van der Waals surface area contributed by atoms with Crippen LogP contribution in [0.3, 0.4) is 0 Å². The van der Waals surface area contributed by atoms with Crippen molar-refractivity contribution in [3.8, 4) is 5.88 Å².